The van der Waals surface area contributed by atoms with Gasteiger partial charge in [0.2, 0.25) is 0 Å². The molecule has 92 valence electrons. The predicted molar refractivity (Wildman–Crippen MR) is 76.3 cm³/mol. The highest BCUT2D eigenvalue weighted by molar-refractivity contribution is 5.76. The Labute approximate surface area is 112 Å². The molecule has 0 amide bonds. The van der Waals surface area contributed by atoms with Crippen molar-refractivity contribution in [1.82, 2.24) is 0 Å². The first kappa shape index (κ1) is 10.4. The smallest absolute Gasteiger partial charge is 0.181 e. The number of para-hydroxylation sites is 2. The van der Waals surface area contributed by atoms with Crippen LogP contribution in [0.3, 0.4) is 0 Å². The van der Waals surface area contributed by atoms with E-state index in [0.717, 1.165) is 22.5 Å². The molecule has 0 unspecified atom stereocenters. The molecule has 1 N–H and O–H groups in total. The average Bonchev–Trinajstić information content (AvgIpc) is 2.49. The maximum absolute atomic E-state index is 6.05. The van der Waals surface area contributed by atoms with Crippen molar-refractivity contribution in [2.24, 2.45) is 0 Å². The molecule has 2 nitrogen and oxygen atoms in total. The van der Waals surface area contributed by atoms with Crippen LogP contribution in [0.4, 0.5) is 11.4 Å². The number of anilines is 2. The Morgan fingerprint density at radius 2 is 1.42 bits per heavy atom. The Morgan fingerprint density at radius 1 is 0.789 bits per heavy atom. The molecule has 2 aromatic rings. The van der Waals surface area contributed by atoms with Crippen LogP contribution >= 0.6 is 0 Å². The fourth-order valence-corrected chi connectivity index (χ4v) is 2.85. The summed E-state index contributed by atoms with van der Waals surface area (Å²) in [5.74, 6) is 0. The number of hydrogen-bond acceptors (Lipinski definition) is 2. The monoisotopic (exact) mass is 247 g/mol. The lowest BCUT2D eigenvalue weighted by molar-refractivity contribution is 0.102. The predicted octanol–water partition coefficient (Wildman–Crippen LogP) is 4.09. The van der Waals surface area contributed by atoms with Gasteiger partial charge in [-0.25, -0.2) is 0 Å². The zero-order valence-electron chi connectivity index (χ0n) is 10.3. The second-order valence-corrected chi connectivity index (χ2v) is 4.76. The third kappa shape index (κ3) is 1.37. The Balaban J connectivity index is 2.04. The van der Waals surface area contributed by atoms with Gasteiger partial charge in [0.25, 0.3) is 0 Å². The fraction of sp³-hybridized carbons (Fsp3) is 0.0588. The van der Waals surface area contributed by atoms with Gasteiger partial charge in [0.05, 0.1) is 6.26 Å². The lowest BCUT2D eigenvalue weighted by Gasteiger charge is -2.39. The van der Waals surface area contributed by atoms with E-state index in [1.54, 1.807) is 6.26 Å². The average molecular weight is 247 g/mol. The van der Waals surface area contributed by atoms with Crippen molar-refractivity contribution < 1.29 is 4.74 Å². The first-order valence-electron chi connectivity index (χ1n) is 6.38. The van der Waals surface area contributed by atoms with E-state index in [2.05, 4.69) is 35.7 Å². The molecule has 19 heavy (non-hydrogen) atoms. The molecule has 0 saturated carbocycles. The van der Waals surface area contributed by atoms with Crippen LogP contribution in [-0.2, 0) is 10.3 Å². The van der Waals surface area contributed by atoms with Gasteiger partial charge in [-0.2, -0.15) is 0 Å². The Bertz CT molecular complexity index is 654. The summed E-state index contributed by atoms with van der Waals surface area (Å²) in [5.41, 5.74) is 3.98. The van der Waals surface area contributed by atoms with E-state index in [4.69, 9.17) is 4.74 Å². The molecule has 2 heterocycles. The third-order valence-corrected chi connectivity index (χ3v) is 3.70. The van der Waals surface area contributed by atoms with Gasteiger partial charge in [-0.15, -0.1) is 0 Å². The zero-order valence-corrected chi connectivity index (χ0v) is 10.3. The summed E-state index contributed by atoms with van der Waals surface area (Å²) in [4.78, 5) is 0. The van der Waals surface area contributed by atoms with Gasteiger partial charge in [-0.05, 0) is 24.3 Å². The lowest BCUT2D eigenvalue weighted by Crippen LogP contribution is -2.32. The molecule has 0 atom stereocenters. The fourth-order valence-electron chi connectivity index (χ4n) is 2.85. The van der Waals surface area contributed by atoms with E-state index in [-0.39, 0.29) is 0 Å². The van der Waals surface area contributed by atoms with E-state index in [9.17, 15) is 0 Å². The van der Waals surface area contributed by atoms with Crippen molar-refractivity contribution >= 4 is 11.4 Å². The maximum atomic E-state index is 6.05. The van der Waals surface area contributed by atoms with Crippen molar-refractivity contribution in [3.8, 4) is 0 Å². The highest BCUT2D eigenvalue weighted by Gasteiger charge is 2.40. The minimum absolute atomic E-state index is 0.507. The van der Waals surface area contributed by atoms with Gasteiger partial charge in [0.15, 0.2) is 5.60 Å². The Kier molecular flexibility index (Phi) is 2.06. The maximum Gasteiger partial charge on any atom is 0.181 e. The van der Waals surface area contributed by atoms with E-state index < -0.39 is 5.60 Å². The van der Waals surface area contributed by atoms with Crippen LogP contribution in [0, 0.1) is 0 Å². The number of nitrogens with one attached hydrogen (secondary N) is 1. The summed E-state index contributed by atoms with van der Waals surface area (Å²) in [7, 11) is 0. The molecule has 2 aromatic carbocycles. The largest absolute Gasteiger partial charge is 0.481 e. The van der Waals surface area contributed by atoms with E-state index in [1.807, 2.05) is 36.4 Å². The first-order chi connectivity index (χ1) is 9.40. The summed E-state index contributed by atoms with van der Waals surface area (Å²) >= 11 is 0. The van der Waals surface area contributed by atoms with Gasteiger partial charge >= 0.3 is 0 Å². The summed E-state index contributed by atoms with van der Waals surface area (Å²) in [5, 5.41) is 3.47. The molecule has 2 aliphatic rings. The Morgan fingerprint density at radius 3 is 2.00 bits per heavy atom. The summed E-state index contributed by atoms with van der Waals surface area (Å²) in [6.45, 7) is 0. The molecule has 0 fully saturated rings. The normalized spacial score (nSPS) is 17.3. The van der Waals surface area contributed by atoms with Crippen molar-refractivity contribution in [2.75, 3.05) is 5.32 Å². The van der Waals surface area contributed by atoms with Crippen LogP contribution in [-0.4, -0.2) is 0 Å². The van der Waals surface area contributed by atoms with Crippen molar-refractivity contribution in [3.63, 3.8) is 0 Å². The molecule has 0 aliphatic carbocycles. The molecule has 1 spiro atoms. The van der Waals surface area contributed by atoms with Crippen LogP contribution in [0.2, 0.25) is 0 Å². The number of hydrogen-bond donors (Lipinski definition) is 1. The van der Waals surface area contributed by atoms with Crippen LogP contribution in [0.1, 0.15) is 11.1 Å². The van der Waals surface area contributed by atoms with Crippen molar-refractivity contribution in [2.45, 2.75) is 5.60 Å². The first-order valence-corrected chi connectivity index (χ1v) is 6.38. The summed E-state index contributed by atoms with van der Waals surface area (Å²) in [6, 6.07) is 16.6. The number of ether oxygens (including phenoxy) is 1. The SMILES string of the molecule is C1=COC2(C=C1)c1ccccc1Nc1ccccc12. The topological polar surface area (TPSA) is 21.3 Å². The van der Waals surface area contributed by atoms with E-state index >= 15 is 0 Å². The summed E-state index contributed by atoms with van der Waals surface area (Å²) < 4.78 is 6.05. The van der Waals surface area contributed by atoms with Gasteiger partial charge in [0, 0.05) is 22.5 Å². The van der Waals surface area contributed by atoms with Crippen LogP contribution in [0.5, 0.6) is 0 Å². The highest BCUT2D eigenvalue weighted by atomic mass is 16.5. The van der Waals surface area contributed by atoms with Crippen LogP contribution < -0.4 is 5.32 Å². The number of rotatable bonds is 0. The Hall–Kier alpha value is -2.48. The number of allylic oxidation sites excluding steroid dienone is 2. The number of fused-ring (bicyclic) bond motifs is 4. The molecule has 2 aliphatic heterocycles. The zero-order chi connectivity index (χ0) is 12.7. The van der Waals surface area contributed by atoms with Gasteiger partial charge in [0.1, 0.15) is 0 Å². The van der Waals surface area contributed by atoms with Crippen molar-refractivity contribution in [1.29, 1.82) is 0 Å². The second-order valence-electron chi connectivity index (χ2n) is 4.76. The molecule has 0 bridgehead atoms. The third-order valence-electron chi connectivity index (χ3n) is 3.70. The molecule has 0 saturated heterocycles. The van der Waals surface area contributed by atoms with E-state index in [1.165, 1.54) is 0 Å². The molecular weight excluding hydrogens is 234 g/mol. The standard InChI is InChI=1S/C17H13NO/c1-3-9-15-13(7-1)17(11-5-6-12-19-17)14-8-2-4-10-16(14)18-15/h1-12,18H. The van der Waals surface area contributed by atoms with Gasteiger partial charge < -0.3 is 10.1 Å². The molecule has 4 rings (SSSR count). The highest BCUT2D eigenvalue weighted by Crippen LogP contribution is 2.48. The minimum Gasteiger partial charge on any atom is -0.481 e. The van der Waals surface area contributed by atoms with Gasteiger partial charge in [-0.3, -0.25) is 0 Å². The molecular formula is C17H13NO. The quantitative estimate of drug-likeness (QED) is 0.757. The van der Waals surface area contributed by atoms with Gasteiger partial charge in [-0.1, -0.05) is 42.5 Å². The molecule has 0 aromatic heterocycles. The van der Waals surface area contributed by atoms with Crippen molar-refractivity contribution in [3.05, 3.63) is 84.1 Å². The lowest BCUT2D eigenvalue weighted by atomic mass is 9.80. The number of benzene rings is 2. The summed E-state index contributed by atoms with van der Waals surface area (Å²) in [6.07, 6.45) is 7.84. The molecule has 0 radical (unpaired) electrons. The van der Waals surface area contributed by atoms with Crippen LogP contribution in [0.25, 0.3) is 0 Å². The second kappa shape index (κ2) is 3.75. The van der Waals surface area contributed by atoms with E-state index in [0.29, 0.717) is 0 Å². The minimum atomic E-state index is -0.507. The van der Waals surface area contributed by atoms with Crippen LogP contribution in [0.15, 0.2) is 73.0 Å². The molecule has 2 heteroatoms.